The quantitative estimate of drug-likeness (QED) is 0.676. The minimum absolute atomic E-state index is 0.238. The van der Waals surface area contributed by atoms with Crippen LogP contribution in [-0.2, 0) is 4.79 Å². The molecule has 4 N–H and O–H groups in total. The van der Waals surface area contributed by atoms with E-state index in [1.807, 2.05) is 80.6 Å². The van der Waals surface area contributed by atoms with Crippen LogP contribution < -0.4 is 11.1 Å². The smallest absolute Gasteiger partial charge is 0.229 e. The molecule has 0 aromatic heterocycles. The van der Waals surface area contributed by atoms with Crippen LogP contribution in [0.3, 0.4) is 0 Å². The maximum Gasteiger partial charge on any atom is 0.229 e. The lowest BCUT2D eigenvalue weighted by Crippen LogP contribution is -2.38. The molecule has 0 bridgehead atoms. The van der Waals surface area contributed by atoms with Gasteiger partial charge in [0.15, 0.2) is 0 Å². The number of nitrogens with two attached hydrogens (primary N) is 1. The van der Waals surface area contributed by atoms with Gasteiger partial charge in [-0.1, -0.05) is 54.6 Å². The summed E-state index contributed by atoms with van der Waals surface area (Å²) in [6.45, 7) is 3.67. The Balaban J connectivity index is 2.46. The molecule has 0 saturated heterocycles. The molecule has 0 aliphatic rings. The Morgan fingerprint density at radius 1 is 1.08 bits per heavy atom. The summed E-state index contributed by atoms with van der Waals surface area (Å²) in [6.07, 6.45) is 1.82. The van der Waals surface area contributed by atoms with Crippen molar-refractivity contribution in [1.29, 1.82) is 5.41 Å². The molecule has 0 fully saturated rings. The number of hydrogen-bond acceptors (Lipinski definition) is 3. The van der Waals surface area contributed by atoms with Crippen LogP contribution in [0.15, 0.2) is 72.3 Å². The lowest BCUT2D eigenvalue weighted by Gasteiger charge is -2.28. The standard InChI is InChI=1S/C20H23N3O/c1-3-14(2)18(21)17(20(22)24)19(15-10-6-4-7-11-15)23-16-12-8-5-9-13-16/h3-13,17,19,21,23H,1-2H3,(H2,22,24)/b14-3+,21-18?. The van der Waals surface area contributed by atoms with E-state index < -0.39 is 17.9 Å². The molecule has 2 unspecified atom stereocenters. The van der Waals surface area contributed by atoms with E-state index in [-0.39, 0.29) is 5.71 Å². The van der Waals surface area contributed by atoms with Crippen LogP contribution in [0.25, 0.3) is 0 Å². The number of para-hydroxylation sites is 1. The lowest BCUT2D eigenvalue weighted by atomic mass is 9.85. The van der Waals surface area contributed by atoms with Gasteiger partial charge in [0.05, 0.1) is 6.04 Å². The first-order chi connectivity index (χ1) is 11.5. The molecule has 2 atom stereocenters. The first-order valence-corrected chi connectivity index (χ1v) is 7.92. The molecular weight excluding hydrogens is 298 g/mol. The van der Waals surface area contributed by atoms with Gasteiger partial charge in [-0.2, -0.15) is 0 Å². The number of anilines is 1. The van der Waals surface area contributed by atoms with Gasteiger partial charge in [-0.25, -0.2) is 0 Å². The summed E-state index contributed by atoms with van der Waals surface area (Å²) in [5.41, 5.74) is 8.45. The lowest BCUT2D eigenvalue weighted by molar-refractivity contribution is -0.120. The number of hydrogen-bond donors (Lipinski definition) is 3. The van der Waals surface area contributed by atoms with Crippen molar-refractivity contribution in [2.24, 2.45) is 11.7 Å². The molecule has 1 amide bonds. The van der Waals surface area contributed by atoms with Crippen LogP contribution in [0, 0.1) is 11.3 Å². The average molecular weight is 321 g/mol. The first-order valence-electron chi connectivity index (χ1n) is 7.92. The zero-order chi connectivity index (χ0) is 17.5. The van der Waals surface area contributed by atoms with Crippen LogP contribution in [0.1, 0.15) is 25.5 Å². The minimum Gasteiger partial charge on any atom is -0.377 e. The summed E-state index contributed by atoms with van der Waals surface area (Å²) in [4.78, 5) is 12.2. The number of nitrogens with one attached hydrogen (secondary N) is 2. The zero-order valence-electron chi connectivity index (χ0n) is 14.0. The Bertz CT molecular complexity index is 723. The van der Waals surface area contributed by atoms with Crippen LogP contribution in [0.2, 0.25) is 0 Å². The molecule has 0 aliphatic heterocycles. The number of rotatable bonds is 7. The van der Waals surface area contributed by atoms with Gasteiger partial charge in [0.2, 0.25) is 5.91 Å². The third kappa shape index (κ3) is 4.10. The third-order valence-corrected chi connectivity index (χ3v) is 4.06. The van der Waals surface area contributed by atoms with Gasteiger partial charge in [-0.15, -0.1) is 0 Å². The van der Waals surface area contributed by atoms with Gasteiger partial charge >= 0.3 is 0 Å². The van der Waals surface area contributed by atoms with Gasteiger partial charge in [0.1, 0.15) is 5.92 Å². The highest BCUT2D eigenvalue weighted by Gasteiger charge is 2.32. The second kappa shape index (κ2) is 8.11. The maximum absolute atomic E-state index is 12.2. The molecule has 0 aliphatic carbocycles. The van der Waals surface area contributed by atoms with Crippen LogP contribution in [0.5, 0.6) is 0 Å². The maximum atomic E-state index is 12.2. The summed E-state index contributed by atoms with van der Waals surface area (Å²) in [6, 6.07) is 18.9. The Morgan fingerprint density at radius 2 is 1.62 bits per heavy atom. The van der Waals surface area contributed by atoms with E-state index >= 15 is 0 Å². The van der Waals surface area contributed by atoms with E-state index in [9.17, 15) is 4.79 Å². The molecule has 4 heteroatoms. The van der Waals surface area contributed by atoms with E-state index in [0.29, 0.717) is 0 Å². The molecular formula is C20H23N3O. The fourth-order valence-electron chi connectivity index (χ4n) is 2.61. The molecule has 2 aromatic carbocycles. The predicted molar refractivity (Wildman–Crippen MR) is 99.1 cm³/mol. The van der Waals surface area contributed by atoms with Crippen molar-refractivity contribution < 1.29 is 4.79 Å². The van der Waals surface area contributed by atoms with E-state index in [0.717, 1.165) is 16.8 Å². The first kappa shape index (κ1) is 17.5. The highest BCUT2D eigenvalue weighted by atomic mass is 16.1. The normalized spacial score (nSPS) is 13.8. The molecule has 124 valence electrons. The minimum atomic E-state index is -0.760. The highest BCUT2D eigenvalue weighted by Crippen LogP contribution is 2.29. The van der Waals surface area contributed by atoms with Gasteiger partial charge < -0.3 is 16.5 Å². The summed E-state index contributed by atoms with van der Waals surface area (Å²) in [7, 11) is 0. The van der Waals surface area contributed by atoms with E-state index in [1.54, 1.807) is 0 Å². The van der Waals surface area contributed by atoms with Gasteiger partial charge in [0, 0.05) is 11.4 Å². The summed E-state index contributed by atoms with van der Waals surface area (Å²) >= 11 is 0. The van der Waals surface area contributed by atoms with Crippen molar-refractivity contribution in [2.45, 2.75) is 19.9 Å². The number of carbonyl (C=O) groups excluding carboxylic acids is 1. The Hall–Kier alpha value is -2.88. The molecule has 0 heterocycles. The Kier molecular flexibility index (Phi) is 5.90. The fourth-order valence-corrected chi connectivity index (χ4v) is 2.61. The number of allylic oxidation sites excluding steroid dienone is 2. The molecule has 2 rings (SSSR count). The van der Waals surface area contributed by atoms with E-state index in [4.69, 9.17) is 11.1 Å². The van der Waals surface area contributed by atoms with Gasteiger partial charge in [0.25, 0.3) is 0 Å². The Morgan fingerprint density at radius 3 is 2.12 bits per heavy atom. The van der Waals surface area contributed by atoms with Crippen LogP contribution >= 0.6 is 0 Å². The largest absolute Gasteiger partial charge is 0.377 e. The monoisotopic (exact) mass is 321 g/mol. The molecule has 4 nitrogen and oxygen atoms in total. The second-order valence-electron chi connectivity index (χ2n) is 5.66. The van der Waals surface area contributed by atoms with Crippen molar-refractivity contribution in [3.63, 3.8) is 0 Å². The summed E-state index contributed by atoms with van der Waals surface area (Å²) < 4.78 is 0. The number of primary amides is 1. The highest BCUT2D eigenvalue weighted by molar-refractivity contribution is 6.11. The third-order valence-electron chi connectivity index (χ3n) is 4.06. The second-order valence-corrected chi connectivity index (χ2v) is 5.66. The molecule has 24 heavy (non-hydrogen) atoms. The fraction of sp³-hybridized carbons (Fsp3) is 0.200. The van der Waals surface area contributed by atoms with Crippen LogP contribution in [0.4, 0.5) is 5.69 Å². The average Bonchev–Trinajstić information content (AvgIpc) is 2.61. The zero-order valence-corrected chi connectivity index (χ0v) is 14.0. The van der Waals surface area contributed by atoms with E-state index in [1.165, 1.54) is 0 Å². The van der Waals surface area contributed by atoms with E-state index in [2.05, 4.69) is 5.32 Å². The summed E-state index contributed by atoms with van der Waals surface area (Å²) in [5.74, 6) is -1.28. The number of carbonyl (C=O) groups is 1. The van der Waals surface area contributed by atoms with Gasteiger partial charge in [-0.3, -0.25) is 4.79 Å². The Labute approximate surface area is 142 Å². The van der Waals surface area contributed by atoms with Gasteiger partial charge in [-0.05, 0) is 37.1 Å². The van der Waals surface area contributed by atoms with Crippen molar-refractivity contribution in [1.82, 2.24) is 0 Å². The predicted octanol–water partition coefficient (Wildman–Crippen LogP) is 3.93. The number of benzene rings is 2. The summed E-state index contributed by atoms with van der Waals surface area (Å²) in [5, 5.41) is 11.8. The van der Waals surface area contributed by atoms with Crippen LogP contribution in [-0.4, -0.2) is 11.6 Å². The molecule has 2 aromatic rings. The molecule has 0 spiro atoms. The van der Waals surface area contributed by atoms with Crippen molar-refractivity contribution in [3.05, 3.63) is 77.9 Å². The van der Waals surface area contributed by atoms with Crippen molar-refractivity contribution >= 4 is 17.3 Å². The topological polar surface area (TPSA) is 79.0 Å². The van der Waals surface area contributed by atoms with Crippen molar-refractivity contribution in [2.75, 3.05) is 5.32 Å². The molecule has 0 saturated carbocycles. The SMILES string of the molecule is C/C=C(\C)C(=N)C(C(N)=O)C(Nc1ccccc1)c1ccccc1. The van der Waals surface area contributed by atoms with Crippen molar-refractivity contribution in [3.8, 4) is 0 Å². The molecule has 0 radical (unpaired) electrons. The number of amides is 1.